The molecule has 0 aliphatic carbocycles. The second-order valence-corrected chi connectivity index (χ2v) is 21.0. The smallest absolute Gasteiger partial charge is 0.306 e. The Morgan fingerprint density at radius 2 is 0.534 bits per heavy atom. The first kappa shape index (κ1) is 69.8. The van der Waals surface area contributed by atoms with E-state index >= 15 is 0 Å². The highest BCUT2D eigenvalue weighted by molar-refractivity contribution is 5.71. The van der Waals surface area contributed by atoms with Gasteiger partial charge < -0.3 is 14.2 Å². The van der Waals surface area contributed by atoms with Gasteiger partial charge in [-0.1, -0.05) is 299 Å². The average Bonchev–Trinajstić information content (AvgIpc) is 3.39. The third-order valence-electron chi connectivity index (χ3n) is 13.7. The van der Waals surface area contributed by atoms with Crippen LogP contribution in [0.4, 0.5) is 0 Å². The third-order valence-corrected chi connectivity index (χ3v) is 13.7. The molecule has 0 fully saturated rings. The summed E-state index contributed by atoms with van der Waals surface area (Å²) in [5, 5.41) is 0. The summed E-state index contributed by atoms with van der Waals surface area (Å²) in [4.78, 5) is 38.1. The molecule has 6 heteroatoms. The highest BCUT2D eigenvalue weighted by atomic mass is 16.6. The quantitative estimate of drug-likeness (QED) is 0.0261. The Balaban J connectivity index is 4.12. The minimum absolute atomic E-state index is 0.0702. The summed E-state index contributed by atoms with van der Waals surface area (Å²) in [5.74, 6) is -0.860. The molecule has 0 heterocycles. The first-order valence-electron chi connectivity index (χ1n) is 31.4. The Morgan fingerprint density at radius 3 is 0.836 bits per heavy atom. The molecule has 73 heavy (non-hydrogen) atoms. The maximum Gasteiger partial charge on any atom is 0.306 e. The second-order valence-electron chi connectivity index (χ2n) is 21.0. The minimum atomic E-state index is -0.770. The molecular weight excluding hydrogens is 901 g/mol. The zero-order valence-electron chi connectivity index (χ0n) is 48.4. The number of unbranched alkanes of at least 4 members (excludes halogenated alkanes) is 34. The van der Waals surface area contributed by atoms with Gasteiger partial charge in [0.25, 0.3) is 0 Å². The fraction of sp³-hybridized carbons (Fsp3) is 0.776. The fourth-order valence-electron chi connectivity index (χ4n) is 9.04. The van der Waals surface area contributed by atoms with Gasteiger partial charge in [-0.2, -0.15) is 0 Å². The molecular formula is C67H118O6. The molecule has 0 aromatic heterocycles. The van der Waals surface area contributed by atoms with E-state index in [4.69, 9.17) is 14.2 Å². The second kappa shape index (κ2) is 61.4. The Bertz CT molecular complexity index is 1360. The van der Waals surface area contributed by atoms with Gasteiger partial charge in [0, 0.05) is 19.3 Å². The van der Waals surface area contributed by atoms with Crippen molar-refractivity contribution in [1.82, 2.24) is 0 Å². The first-order chi connectivity index (χ1) is 36.0. The van der Waals surface area contributed by atoms with Crippen molar-refractivity contribution in [3.63, 3.8) is 0 Å². The zero-order valence-corrected chi connectivity index (χ0v) is 48.4. The minimum Gasteiger partial charge on any atom is -0.462 e. The highest BCUT2D eigenvalue weighted by Gasteiger charge is 2.19. The van der Waals surface area contributed by atoms with E-state index in [1.807, 2.05) is 0 Å². The Hall–Kier alpha value is -3.15. The number of ether oxygens (including phenoxy) is 3. The molecule has 0 spiro atoms. The fourth-order valence-corrected chi connectivity index (χ4v) is 9.04. The van der Waals surface area contributed by atoms with Crippen LogP contribution in [0.15, 0.2) is 72.9 Å². The molecule has 0 saturated carbocycles. The molecule has 422 valence electrons. The predicted octanol–water partition coefficient (Wildman–Crippen LogP) is 21.3. The summed E-state index contributed by atoms with van der Waals surface area (Å²) < 4.78 is 16.9. The number of carbonyl (C=O) groups excluding carboxylic acids is 3. The summed E-state index contributed by atoms with van der Waals surface area (Å²) in [7, 11) is 0. The van der Waals surface area contributed by atoms with Gasteiger partial charge in [0.1, 0.15) is 13.2 Å². The Labute approximate surface area is 453 Å². The van der Waals surface area contributed by atoms with Crippen molar-refractivity contribution in [3.8, 4) is 0 Å². The average molecular weight is 1020 g/mol. The van der Waals surface area contributed by atoms with Crippen molar-refractivity contribution in [3.05, 3.63) is 72.9 Å². The van der Waals surface area contributed by atoms with E-state index in [1.54, 1.807) is 0 Å². The lowest BCUT2D eigenvalue weighted by Gasteiger charge is -2.18. The van der Waals surface area contributed by atoms with E-state index in [0.717, 1.165) is 96.3 Å². The summed E-state index contributed by atoms with van der Waals surface area (Å²) in [6.07, 6.45) is 79.2. The van der Waals surface area contributed by atoms with Crippen LogP contribution in [0.3, 0.4) is 0 Å². The van der Waals surface area contributed by atoms with Gasteiger partial charge in [-0.05, 0) is 70.6 Å². The van der Waals surface area contributed by atoms with E-state index in [0.29, 0.717) is 19.3 Å². The molecule has 0 rings (SSSR count). The summed E-state index contributed by atoms with van der Waals surface area (Å²) >= 11 is 0. The third kappa shape index (κ3) is 59.6. The molecule has 0 aliphatic heterocycles. The summed E-state index contributed by atoms with van der Waals surface area (Å²) in [6, 6.07) is 0. The first-order valence-corrected chi connectivity index (χ1v) is 31.4. The number of hydrogen-bond acceptors (Lipinski definition) is 6. The van der Waals surface area contributed by atoms with Gasteiger partial charge in [0.2, 0.25) is 0 Å². The van der Waals surface area contributed by atoms with Gasteiger partial charge in [-0.15, -0.1) is 0 Å². The standard InChI is InChI=1S/C67H118O6/c1-4-7-10-13-16-19-21-23-25-26-27-28-29-30-31-32-33-34-35-36-37-38-39-40-42-43-45-48-51-54-57-60-66(69)72-63-64(62-71-65(68)59-56-53-50-47-18-15-12-9-6-3)73-67(70)61-58-55-52-49-46-44-41-24-22-20-17-14-11-8-5-2/h7,10,16,19,23,25,27-28,30-31,33-34,64H,4-6,8-9,11-15,17-18,20-22,24,26,29,32,35-63H2,1-3H3/b10-7-,19-16-,25-23-,28-27-,31-30-,34-33-. The molecule has 6 nitrogen and oxygen atoms in total. The van der Waals surface area contributed by atoms with Gasteiger partial charge in [0.05, 0.1) is 0 Å². The van der Waals surface area contributed by atoms with E-state index in [1.165, 1.54) is 180 Å². The van der Waals surface area contributed by atoms with Crippen LogP contribution in [0, 0.1) is 0 Å². The van der Waals surface area contributed by atoms with Crippen LogP contribution in [-0.2, 0) is 28.6 Å². The summed E-state index contributed by atoms with van der Waals surface area (Å²) in [6.45, 7) is 6.54. The number of rotatable bonds is 57. The lowest BCUT2D eigenvalue weighted by atomic mass is 10.0. The topological polar surface area (TPSA) is 78.9 Å². The van der Waals surface area contributed by atoms with Gasteiger partial charge >= 0.3 is 17.9 Å². The largest absolute Gasteiger partial charge is 0.462 e. The molecule has 0 aromatic rings. The van der Waals surface area contributed by atoms with E-state index < -0.39 is 6.10 Å². The van der Waals surface area contributed by atoms with Crippen LogP contribution in [0.25, 0.3) is 0 Å². The van der Waals surface area contributed by atoms with E-state index in [-0.39, 0.29) is 31.1 Å². The van der Waals surface area contributed by atoms with Crippen molar-refractivity contribution in [2.24, 2.45) is 0 Å². The maximum absolute atomic E-state index is 12.8. The molecule has 0 N–H and O–H groups in total. The molecule has 0 bridgehead atoms. The molecule has 1 atom stereocenters. The molecule has 0 aliphatic rings. The van der Waals surface area contributed by atoms with Crippen LogP contribution in [0.2, 0.25) is 0 Å². The number of carbonyl (C=O) groups is 3. The van der Waals surface area contributed by atoms with Gasteiger partial charge in [-0.3, -0.25) is 14.4 Å². The van der Waals surface area contributed by atoms with Crippen LogP contribution >= 0.6 is 0 Å². The SMILES string of the molecule is CC/C=C\C/C=C\C/C=C\C/C=C\C/C=C\C/C=C\CCCCCCCCCCCCCCC(=O)OCC(COC(=O)CCCCCCCCCCC)OC(=O)CCCCCCCCCCCCCCCCC. The lowest BCUT2D eigenvalue weighted by Crippen LogP contribution is -2.30. The number of allylic oxidation sites excluding steroid dienone is 12. The zero-order chi connectivity index (χ0) is 52.9. The maximum atomic E-state index is 12.8. The van der Waals surface area contributed by atoms with Crippen molar-refractivity contribution in [2.45, 2.75) is 322 Å². The van der Waals surface area contributed by atoms with Crippen molar-refractivity contribution in [2.75, 3.05) is 13.2 Å². The van der Waals surface area contributed by atoms with E-state index in [2.05, 4.69) is 93.7 Å². The highest BCUT2D eigenvalue weighted by Crippen LogP contribution is 2.17. The van der Waals surface area contributed by atoms with Crippen LogP contribution in [-0.4, -0.2) is 37.2 Å². The molecule has 0 saturated heterocycles. The van der Waals surface area contributed by atoms with Crippen molar-refractivity contribution >= 4 is 17.9 Å². The molecule has 0 aromatic carbocycles. The molecule has 0 radical (unpaired) electrons. The molecule has 1 unspecified atom stereocenters. The predicted molar refractivity (Wildman–Crippen MR) is 316 cm³/mol. The van der Waals surface area contributed by atoms with Crippen LogP contribution < -0.4 is 0 Å². The van der Waals surface area contributed by atoms with Gasteiger partial charge in [0.15, 0.2) is 6.10 Å². The molecule has 0 amide bonds. The summed E-state index contributed by atoms with van der Waals surface area (Å²) in [5.41, 5.74) is 0. The monoisotopic (exact) mass is 1020 g/mol. The normalized spacial score (nSPS) is 12.5. The van der Waals surface area contributed by atoms with E-state index in [9.17, 15) is 14.4 Å². The van der Waals surface area contributed by atoms with Gasteiger partial charge in [-0.25, -0.2) is 0 Å². The van der Waals surface area contributed by atoms with Crippen LogP contribution in [0.1, 0.15) is 316 Å². The van der Waals surface area contributed by atoms with Crippen molar-refractivity contribution < 1.29 is 28.6 Å². The van der Waals surface area contributed by atoms with Crippen LogP contribution in [0.5, 0.6) is 0 Å². The lowest BCUT2D eigenvalue weighted by molar-refractivity contribution is -0.167. The Morgan fingerprint density at radius 1 is 0.288 bits per heavy atom. The Kier molecular flexibility index (Phi) is 58.7. The number of esters is 3. The number of hydrogen-bond donors (Lipinski definition) is 0. The van der Waals surface area contributed by atoms with Crippen molar-refractivity contribution in [1.29, 1.82) is 0 Å².